The highest BCUT2D eigenvalue weighted by molar-refractivity contribution is 5.79. The summed E-state index contributed by atoms with van der Waals surface area (Å²) in [4.78, 5) is 39.7. The van der Waals surface area contributed by atoms with Gasteiger partial charge in [0.15, 0.2) is 0 Å². The molecule has 3 aromatic rings. The number of pyridine rings is 1. The molecule has 1 atom stereocenters. The molecule has 1 amide bonds. The highest BCUT2D eigenvalue weighted by Gasteiger charge is 2.18. The maximum atomic E-state index is 12.6. The van der Waals surface area contributed by atoms with Crippen LogP contribution < -0.4 is 20.5 Å². The predicted octanol–water partition coefficient (Wildman–Crippen LogP) is 1.84. The predicted molar refractivity (Wildman–Crippen MR) is 123 cm³/mol. The van der Waals surface area contributed by atoms with Crippen molar-refractivity contribution in [2.24, 2.45) is 0 Å². The molecular weight excluding hydrogens is 422 g/mol. The summed E-state index contributed by atoms with van der Waals surface area (Å²) in [7, 11) is 0. The molecule has 10 nitrogen and oxygen atoms in total. The number of hydrogen-bond donors (Lipinski definition) is 1. The molecule has 1 aliphatic heterocycles. The Bertz CT molecular complexity index is 1130. The van der Waals surface area contributed by atoms with E-state index in [1.54, 1.807) is 31.5 Å². The van der Waals surface area contributed by atoms with Crippen molar-refractivity contribution in [1.29, 1.82) is 0 Å². The van der Waals surface area contributed by atoms with E-state index in [2.05, 4.69) is 30.3 Å². The number of nitrogens with zero attached hydrogens (tertiary/aromatic N) is 6. The van der Waals surface area contributed by atoms with Crippen LogP contribution in [0.15, 0.2) is 53.8 Å². The molecular formula is C23H27N7O3. The monoisotopic (exact) mass is 449 g/mol. The summed E-state index contributed by atoms with van der Waals surface area (Å²) < 4.78 is 6.86. The Hall–Kier alpha value is -3.82. The van der Waals surface area contributed by atoms with Gasteiger partial charge in [0.1, 0.15) is 24.8 Å². The van der Waals surface area contributed by atoms with Gasteiger partial charge in [-0.1, -0.05) is 0 Å². The summed E-state index contributed by atoms with van der Waals surface area (Å²) in [5, 5.41) is 7.13. The SMILES string of the molecule is CC(C(=O)NCCOc1cc(N2CCCCC2)ncn1)n1nc(-c2cccnc2)ccc1=O. The van der Waals surface area contributed by atoms with Crippen molar-refractivity contribution in [2.45, 2.75) is 32.2 Å². The molecule has 3 aromatic heterocycles. The average molecular weight is 450 g/mol. The normalized spacial score (nSPS) is 14.5. The lowest BCUT2D eigenvalue weighted by molar-refractivity contribution is -0.124. The Morgan fingerprint density at radius 2 is 2.03 bits per heavy atom. The third-order valence-electron chi connectivity index (χ3n) is 5.49. The van der Waals surface area contributed by atoms with Crippen LogP contribution in [-0.4, -0.2) is 56.9 Å². The number of ether oxygens (including phenoxy) is 1. The van der Waals surface area contributed by atoms with Crippen LogP contribution in [0.4, 0.5) is 5.82 Å². The van der Waals surface area contributed by atoms with Crippen LogP contribution in [0.5, 0.6) is 5.88 Å². The standard InChI is InChI=1S/C23H27N7O3/c1-17(30-22(31)8-7-19(28-30)18-6-5-9-24-15-18)23(32)25-10-13-33-21-14-20(26-16-27-21)29-11-3-2-4-12-29/h5-9,14-17H,2-4,10-13H2,1H3,(H,25,32). The quantitative estimate of drug-likeness (QED) is 0.518. The topological polar surface area (TPSA) is 115 Å². The fraction of sp³-hybridized carbons (Fsp3) is 0.391. The molecule has 0 radical (unpaired) electrons. The lowest BCUT2D eigenvalue weighted by Gasteiger charge is -2.27. The van der Waals surface area contributed by atoms with Gasteiger partial charge in [-0.15, -0.1) is 0 Å². The molecule has 1 fully saturated rings. The first-order chi connectivity index (χ1) is 16.1. The second-order valence-electron chi connectivity index (χ2n) is 7.82. The molecule has 33 heavy (non-hydrogen) atoms. The van der Waals surface area contributed by atoms with E-state index in [4.69, 9.17) is 4.74 Å². The Balaban J connectivity index is 1.31. The van der Waals surface area contributed by atoms with E-state index in [1.807, 2.05) is 12.1 Å². The van der Waals surface area contributed by atoms with E-state index >= 15 is 0 Å². The number of amides is 1. The third-order valence-corrected chi connectivity index (χ3v) is 5.49. The van der Waals surface area contributed by atoms with Crippen LogP contribution in [0.25, 0.3) is 11.3 Å². The van der Waals surface area contributed by atoms with Gasteiger partial charge >= 0.3 is 0 Å². The Morgan fingerprint density at radius 3 is 2.82 bits per heavy atom. The van der Waals surface area contributed by atoms with Crippen LogP contribution in [0, 0.1) is 0 Å². The van der Waals surface area contributed by atoms with Crippen LogP contribution in [-0.2, 0) is 4.79 Å². The lowest BCUT2D eigenvalue weighted by atomic mass is 10.1. The van der Waals surface area contributed by atoms with Crippen molar-refractivity contribution in [3.8, 4) is 17.1 Å². The summed E-state index contributed by atoms with van der Waals surface area (Å²) in [5.74, 6) is 1.000. The van der Waals surface area contributed by atoms with E-state index < -0.39 is 6.04 Å². The first-order valence-corrected chi connectivity index (χ1v) is 11.1. The van der Waals surface area contributed by atoms with Gasteiger partial charge in [0.25, 0.3) is 5.56 Å². The fourth-order valence-electron chi connectivity index (χ4n) is 3.66. The van der Waals surface area contributed by atoms with Gasteiger partial charge in [-0.3, -0.25) is 14.6 Å². The molecule has 0 aromatic carbocycles. The molecule has 1 aliphatic rings. The van der Waals surface area contributed by atoms with Crippen LogP contribution in [0.1, 0.15) is 32.2 Å². The molecule has 4 heterocycles. The van der Waals surface area contributed by atoms with Gasteiger partial charge in [-0.05, 0) is 44.4 Å². The minimum atomic E-state index is -0.779. The summed E-state index contributed by atoms with van der Waals surface area (Å²) in [6.45, 7) is 4.11. The van der Waals surface area contributed by atoms with E-state index in [0.717, 1.165) is 37.3 Å². The minimum absolute atomic E-state index is 0.243. The van der Waals surface area contributed by atoms with Crippen molar-refractivity contribution in [2.75, 3.05) is 31.1 Å². The van der Waals surface area contributed by atoms with Gasteiger partial charge in [-0.25, -0.2) is 14.6 Å². The smallest absolute Gasteiger partial charge is 0.267 e. The van der Waals surface area contributed by atoms with Crippen LogP contribution >= 0.6 is 0 Å². The highest BCUT2D eigenvalue weighted by Crippen LogP contribution is 2.20. The number of rotatable bonds is 8. The van der Waals surface area contributed by atoms with Crippen molar-refractivity contribution in [1.82, 2.24) is 30.0 Å². The van der Waals surface area contributed by atoms with Gasteiger partial charge < -0.3 is 15.0 Å². The highest BCUT2D eigenvalue weighted by atomic mass is 16.5. The van der Waals surface area contributed by atoms with Gasteiger partial charge in [0.2, 0.25) is 11.8 Å². The molecule has 172 valence electrons. The number of nitrogens with one attached hydrogen (secondary N) is 1. The molecule has 4 rings (SSSR count). The maximum Gasteiger partial charge on any atom is 0.267 e. The van der Waals surface area contributed by atoms with Crippen molar-refractivity contribution in [3.63, 3.8) is 0 Å². The zero-order valence-electron chi connectivity index (χ0n) is 18.6. The van der Waals surface area contributed by atoms with Gasteiger partial charge in [0.05, 0.1) is 12.2 Å². The van der Waals surface area contributed by atoms with Crippen molar-refractivity contribution < 1.29 is 9.53 Å². The molecule has 0 spiro atoms. The first kappa shape index (κ1) is 22.4. The summed E-state index contributed by atoms with van der Waals surface area (Å²) >= 11 is 0. The molecule has 1 N–H and O–H groups in total. The van der Waals surface area contributed by atoms with Crippen molar-refractivity contribution in [3.05, 3.63) is 59.4 Å². The van der Waals surface area contributed by atoms with E-state index in [-0.39, 0.29) is 24.6 Å². The number of hydrogen-bond acceptors (Lipinski definition) is 8. The summed E-state index contributed by atoms with van der Waals surface area (Å²) in [6, 6.07) is 7.69. The van der Waals surface area contributed by atoms with E-state index in [1.165, 1.54) is 23.5 Å². The van der Waals surface area contributed by atoms with Crippen LogP contribution in [0.3, 0.4) is 0 Å². The molecule has 1 unspecified atom stereocenters. The molecule has 0 aliphatic carbocycles. The zero-order chi connectivity index (χ0) is 23.0. The largest absolute Gasteiger partial charge is 0.476 e. The Kier molecular flexibility index (Phi) is 7.23. The van der Waals surface area contributed by atoms with E-state index in [9.17, 15) is 9.59 Å². The molecule has 0 saturated carbocycles. The zero-order valence-corrected chi connectivity index (χ0v) is 18.6. The maximum absolute atomic E-state index is 12.6. The second-order valence-corrected chi connectivity index (χ2v) is 7.82. The first-order valence-electron chi connectivity index (χ1n) is 11.1. The number of carbonyl (C=O) groups is 1. The van der Waals surface area contributed by atoms with E-state index in [0.29, 0.717) is 11.6 Å². The number of anilines is 1. The third kappa shape index (κ3) is 5.71. The Labute approximate surface area is 191 Å². The second kappa shape index (κ2) is 10.7. The lowest BCUT2D eigenvalue weighted by Crippen LogP contribution is -2.38. The molecule has 1 saturated heterocycles. The van der Waals surface area contributed by atoms with Crippen molar-refractivity contribution >= 4 is 11.7 Å². The minimum Gasteiger partial charge on any atom is -0.476 e. The van der Waals surface area contributed by atoms with Gasteiger partial charge in [0, 0.05) is 43.2 Å². The molecule has 0 bridgehead atoms. The van der Waals surface area contributed by atoms with Crippen LogP contribution in [0.2, 0.25) is 0 Å². The number of carbonyl (C=O) groups excluding carboxylic acids is 1. The Morgan fingerprint density at radius 1 is 1.18 bits per heavy atom. The van der Waals surface area contributed by atoms with Gasteiger partial charge in [-0.2, -0.15) is 5.10 Å². The molecule has 10 heteroatoms. The average Bonchev–Trinajstić information content (AvgIpc) is 2.87. The fourth-order valence-corrected chi connectivity index (χ4v) is 3.66. The number of piperidine rings is 1. The number of aromatic nitrogens is 5. The summed E-state index contributed by atoms with van der Waals surface area (Å²) in [6.07, 6.45) is 8.38. The summed E-state index contributed by atoms with van der Waals surface area (Å²) in [5.41, 5.74) is 0.979.